The van der Waals surface area contributed by atoms with Gasteiger partial charge in [-0.05, 0) is 25.5 Å². The summed E-state index contributed by atoms with van der Waals surface area (Å²) in [5, 5.41) is 4.63. The van der Waals surface area contributed by atoms with Crippen LogP contribution in [0.15, 0.2) is 12.1 Å². The van der Waals surface area contributed by atoms with Crippen LogP contribution in [0, 0.1) is 0 Å². The molecule has 0 fully saturated rings. The summed E-state index contributed by atoms with van der Waals surface area (Å²) in [4.78, 5) is 0. The van der Waals surface area contributed by atoms with Crippen molar-refractivity contribution in [3.05, 3.63) is 32.8 Å². The summed E-state index contributed by atoms with van der Waals surface area (Å²) < 4.78 is 10.4. The van der Waals surface area contributed by atoms with E-state index in [0.29, 0.717) is 15.1 Å². The van der Waals surface area contributed by atoms with Crippen molar-refractivity contribution >= 4 is 34.8 Å². The van der Waals surface area contributed by atoms with Gasteiger partial charge >= 0.3 is 0 Å². The quantitative estimate of drug-likeness (QED) is 0.624. The average molecular weight is 327 g/mol. The van der Waals surface area contributed by atoms with Gasteiger partial charge in [0.15, 0.2) is 6.29 Å². The van der Waals surface area contributed by atoms with Gasteiger partial charge in [0.1, 0.15) is 0 Å². The second-order valence-electron chi connectivity index (χ2n) is 4.28. The Morgan fingerprint density at radius 1 is 1.00 bits per heavy atom. The Labute approximate surface area is 129 Å². The first-order valence-corrected chi connectivity index (χ1v) is 7.00. The lowest BCUT2D eigenvalue weighted by Gasteiger charge is -2.26. The van der Waals surface area contributed by atoms with E-state index in [9.17, 15) is 0 Å². The van der Waals surface area contributed by atoms with E-state index in [0.717, 1.165) is 5.56 Å². The van der Waals surface area contributed by atoms with E-state index in [1.807, 2.05) is 19.9 Å². The third kappa shape index (κ3) is 4.22. The molecule has 1 rings (SSSR count). The van der Waals surface area contributed by atoms with Crippen LogP contribution in [0.5, 0.6) is 0 Å². The van der Waals surface area contributed by atoms with Crippen LogP contribution >= 0.6 is 34.8 Å². The van der Waals surface area contributed by atoms with Gasteiger partial charge in [0.05, 0.1) is 21.1 Å². The smallest absolute Gasteiger partial charge is 0.171 e. The molecule has 6 heteroatoms. The van der Waals surface area contributed by atoms with Gasteiger partial charge in [-0.15, -0.1) is 0 Å². The zero-order valence-electron chi connectivity index (χ0n) is 11.3. The van der Waals surface area contributed by atoms with Gasteiger partial charge in [-0.3, -0.25) is 0 Å². The highest BCUT2D eigenvalue weighted by molar-refractivity contribution is 6.48. The largest absolute Gasteiger partial charge is 0.354 e. The molecular formula is C13H18Cl3NO2. The Morgan fingerprint density at radius 3 is 2.11 bits per heavy atom. The Hall–Kier alpha value is -0.0300. The molecule has 2 unspecified atom stereocenters. The number of nitrogens with one attached hydrogen (secondary N) is 1. The fourth-order valence-corrected chi connectivity index (χ4v) is 2.65. The minimum absolute atomic E-state index is 0.00415. The first kappa shape index (κ1) is 17.0. The number of ether oxygens (including phenoxy) is 2. The Balaban J connectivity index is 2.84. The molecule has 0 saturated heterocycles. The van der Waals surface area contributed by atoms with Crippen LogP contribution in [-0.4, -0.2) is 26.6 Å². The Morgan fingerprint density at radius 2 is 1.58 bits per heavy atom. The van der Waals surface area contributed by atoms with Crippen molar-refractivity contribution in [1.29, 1.82) is 0 Å². The molecule has 0 aliphatic heterocycles. The molecule has 0 radical (unpaired) electrons. The maximum Gasteiger partial charge on any atom is 0.171 e. The SMILES string of the molecule is COC(OC)C(C)NC(C)c1ccc(Cl)c(Cl)c1Cl. The van der Waals surface area contributed by atoms with Crippen molar-refractivity contribution in [3.8, 4) is 0 Å². The summed E-state index contributed by atoms with van der Waals surface area (Å²) in [7, 11) is 3.20. The van der Waals surface area contributed by atoms with Crippen molar-refractivity contribution < 1.29 is 9.47 Å². The topological polar surface area (TPSA) is 30.5 Å². The van der Waals surface area contributed by atoms with Gasteiger partial charge in [0, 0.05) is 20.3 Å². The summed E-state index contributed by atoms with van der Waals surface area (Å²) in [5.41, 5.74) is 0.883. The lowest BCUT2D eigenvalue weighted by atomic mass is 10.1. The minimum Gasteiger partial charge on any atom is -0.354 e. The number of halogens is 3. The predicted molar refractivity (Wildman–Crippen MR) is 80.3 cm³/mol. The molecule has 0 heterocycles. The fourth-order valence-electron chi connectivity index (χ4n) is 1.94. The monoisotopic (exact) mass is 325 g/mol. The van der Waals surface area contributed by atoms with Gasteiger partial charge in [-0.25, -0.2) is 0 Å². The van der Waals surface area contributed by atoms with Gasteiger partial charge in [-0.2, -0.15) is 0 Å². The molecule has 0 aromatic heterocycles. The van der Waals surface area contributed by atoms with E-state index in [1.54, 1.807) is 20.3 Å². The second kappa shape index (κ2) is 7.67. The average Bonchev–Trinajstić information content (AvgIpc) is 2.37. The molecule has 0 amide bonds. The van der Waals surface area contributed by atoms with Crippen LogP contribution < -0.4 is 5.32 Å². The third-order valence-electron chi connectivity index (χ3n) is 2.92. The molecular weight excluding hydrogens is 309 g/mol. The van der Waals surface area contributed by atoms with Gasteiger partial charge in [0.25, 0.3) is 0 Å². The lowest BCUT2D eigenvalue weighted by Crippen LogP contribution is -2.40. The Bertz CT molecular complexity index is 425. The van der Waals surface area contributed by atoms with E-state index in [2.05, 4.69) is 5.32 Å². The highest BCUT2D eigenvalue weighted by Crippen LogP contribution is 2.35. The number of hydrogen-bond acceptors (Lipinski definition) is 3. The number of rotatable bonds is 6. The van der Waals surface area contributed by atoms with Crippen molar-refractivity contribution in [1.82, 2.24) is 5.32 Å². The van der Waals surface area contributed by atoms with Crippen LogP contribution in [-0.2, 0) is 9.47 Å². The first-order chi connectivity index (χ1) is 8.92. The molecule has 108 valence electrons. The van der Waals surface area contributed by atoms with Crippen LogP contribution in [0.25, 0.3) is 0 Å². The summed E-state index contributed by atoms with van der Waals surface area (Å²) in [6.45, 7) is 3.96. The zero-order valence-corrected chi connectivity index (χ0v) is 13.6. The van der Waals surface area contributed by atoms with E-state index >= 15 is 0 Å². The minimum atomic E-state index is -0.330. The predicted octanol–water partition coefficient (Wildman–Crippen LogP) is 4.30. The van der Waals surface area contributed by atoms with E-state index < -0.39 is 0 Å². The van der Waals surface area contributed by atoms with E-state index in [4.69, 9.17) is 44.3 Å². The maximum absolute atomic E-state index is 6.21. The van der Waals surface area contributed by atoms with E-state index in [1.165, 1.54) is 0 Å². The summed E-state index contributed by atoms with van der Waals surface area (Å²) >= 11 is 18.2. The fraction of sp³-hybridized carbons (Fsp3) is 0.538. The standard InChI is InChI=1S/C13H18Cl3NO2/c1-7(17-8(2)13(18-3)19-4)9-5-6-10(14)12(16)11(9)15/h5-8,13,17H,1-4H3. The summed E-state index contributed by atoms with van der Waals surface area (Å²) in [6, 6.07) is 3.58. The molecule has 2 atom stereocenters. The molecule has 0 bridgehead atoms. The van der Waals surface area contributed by atoms with Crippen LogP contribution in [0.2, 0.25) is 15.1 Å². The van der Waals surface area contributed by atoms with Crippen molar-refractivity contribution in [2.45, 2.75) is 32.2 Å². The summed E-state index contributed by atoms with van der Waals surface area (Å²) in [5.74, 6) is 0. The van der Waals surface area contributed by atoms with Crippen LogP contribution in [0.4, 0.5) is 0 Å². The molecule has 0 aliphatic carbocycles. The first-order valence-electron chi connectivity index (χ1n) is 5.87. The highest BCUT2D eigenvalue weighted by Gasteiger charge is 2.20. The van der Waals surface area contributed by atoms with Gasteiger partial charge < -0.3 is 14.8 Å². The van der Waals surface area contributed by atoms with Crippen LogP contribution in [0.3, 0.4) is 0 Å². The molecule has 19 heavy (non-hydrogen) atoms. The van der Waals surface area contributed by atoms with Gasteiger partial charge in [-0.1, -0.05) is 40.9 Å². The molecule has 1 N–H and O–H groups in total. The van der Waals surface area contributed by atoms with Crippen LogP contribution in [0.1, 0.15) is 25.5 Å². The maximum atomic E-state index is 6.21. The van der Waals surface area contributed by atoms with Gasteiger partial charge in [0.2, 0.25) is 0 Å². The molecule has 0 spiro atoms. The van der Waals surface area contributed by atoms with Crippen molar-refractivity contribution in [2.24, 2.45) is 0 Å². The normalized spacial score (nSPS) is 14.7. The number of benzene rings is 1. The molecule has 0 aliphatic rings. The highest BCUT2D eigenvalue weighted by atomic mass is 35.5. The number of methoxy groups -OCH3 is 2. The van der Waals surface area contributed by atoms with E-state index in [-0.39, 0.29) is 18.4 Å². The zero-order chi connectivity index (χ0) is 14.6. The number of hydrogen-bond donors (Lipinski definition) is 1. The molecule has 1 aromatic rings. The molecule has 1 aromatic carbocycles. The third-order valence-corrected chi connectivity index (χ3v) is 4.23. The summed E-state index contributed by atoms with van der Waals surface area (Å²) in [6.07, 6.45) is -0.330. The lowest BCUT2D eigenvalue weighted by molar-refractivity contribution is -0.120. The van der Waals surface area contributed by atoms with Crippen molar-refractivity contribution in [2.75, 3.05) is 14.2 Å². The second-order valence-corrected chi connectivity index (χ2v) is 5.44. The molecule has 0 saturated carbocycles. The van der Waals surface area contributed by atoms with Crippen molar-refractivity contribution in [3.63, 3.8) is 0 Å². The molecule has 3 nitrogen and oxygen atoms in total. The Kier molecular flexibility index (Phi) is 6.87.